The van der Waals surface area contributed by atoms with Crippen molar-refractivity contribution in [1.29, 1.82) is 0 Å². The fourth-order valence-corrected chi connectivity index (χ4v) is 0. The molecule has 0 spiro atoms. The third kappa shape index (κ3) is 27.3. The number of hydrogen-bond acceptors (Lipinski definition) is 0. The Bertz CT molecular complexity index is 12.3. The van der Waals surface area contributed by atoms with Crippen molar-refractivity contribution in [2.24, 2.45) is 0 Å². The largest absolute Gasteiger partial charge is 1.00 e. The van der Waals surface area contributed by atoms with Gasteiger partial charge < -0.3 is 12.4 Å². The Labute approximate surface area is 76.7 Å². The van der Waals surface area contributed by atoms with Crippen LogP contribution in [0.5, 0.6) is 0 Å². The molecule has 0 radical (unpaired) electrons. The first-order valence-corrected chi connectivity index (χ1v) is 12.4. The average molecular weight is 289 g/mol. The summed E-state index contributed by atoms with van der Waals surface area (Å²) in [6.45, 7) is 0. The Balaban J connectivity index is -0.0000000450. The molecular formula is CeCl4Li. The SMILES string of the molecule is [Cl-].[Cl][Ce]([Cl])[Cl].[Li+]. The first kappa shape index (κ1) is 16.1. The zero-order valence-corrected chi connectivity index (χ0v) is 9.18. The zero-order chi connectivity index (χ0) is 3.58. The normalized spacial score (nSPS) is 4.50. The van der Waals surface area contributed by atoms with E-state index in [-0.39, 0.29) is 31.3 Å². The molecule has 0 bridgehead atoms. The minimum absolute atomic E-state index is 0. The van der Waals surface area contributed by atoms with E-state index in [1.54, 1.807) is 0 Å². The molecule has 0 amide bonds. The van der Waals surface area contributed by atoms with Gasteiger partial charge in [-0.15, -0.1) is 0 Å². The summed E-state index contributed by atoms with van der Waals surface area (Å²) < 4.78 is 0. The monoisotopic (exact) mass is 287 g/mol. The van der Waals surface area contributed by atoms with Gasteiger partial charge in [-0.1, -0.05) is 0 Å². The summed E-state index contributed by atoms with van der Waals surface area (Å²) in [7, 11) is 0. The Morgan fingerprint density at radius 1 is 1.00 bits per heavy atom. The summed E-state index contributed by atoms with van der Waals surface area (Å²) in [6.07, 6.45) is 0. The molecule has 0 N–H and O–H groups in total. The van der Waals surface area contributed by atoms with Crippen LogP contribution in [0.25, 0.3) is 0 Å². The van der Waals surface area contributed by atoms with Crippen molar-refractivity contribution in [2.75, 3.05) is 0 Å². The number of rotatable bonds is 0. The van der Waals surface area contributed by atoms with Crippen molar-refractivity contribution in [1.82, 2.24) is 0 Å². The topological polar surface area (TPSA) is 0 Å². The molecule has 0 aliphatic carbocycles. The van der Waals surface area contributed by atoms with Gasteiger partial charge in [-0.05, 0) is 0 Å². The van der Waals surface area contributed by atoms with Gasteiger partial charge in [0.15, 0.2) is 0 Å². The molecular weight excluding hydrogens is 289 g/mol. The van der Waals surface area contributed by atoms with Crippen molar-refractivity contribution in [3.63, 3.8) is 0 Å². The van der Waals surface area contributed by atoms with Crippen LogP contribution in [0.2, 0.25) is 0 Å². The average Bonchev–Trinajstić information content (AvgIpc) is 0.811. The van der Waals surface area contributed by atoms with Crippen LogP contribution in [0.4, 0.5) is 0 Å². The van der Waals surface area contributed by atoms with E-state index in [1.807, 2.05) is 0 Å². The molecule has 6 heteroatoms. The van der Waals surface area contributed by atoms with Gasteiger partial charge in [-0.2, -0.15) is 0 Å². The van der Waals surface area contributed by atoms with Crippen LogP contribution in [0, 0.1) is 30.7 Å². The molecule has 0 nitrogen and oxygen atoms in total. The van der Waals surface area contributed by atoms with Gasteiger partial charge >= 0.3 is 66.4 Å². The third-order valence-corrected chi connectivity index (χ3v) is 0. The number of halogens is 4. The quantitative estimate of drug-likeness (QED) is 0.400. The van der Waals surface area contributed by atoms with E-state index in [2.05, 4.69) is 0 Å². The van der Waals surface area contributed by atoms with E-state index in [9.17, 15) is 0 Å². The summed E-state index contributed by atoms with van der Waals surface area (Å²) >= 11 is -2.24. The van der Waals surface area contributed by atoms with Gasteiger partial charge in [0.2, 0.25) is 0 Å². The van der Waals surface area contributed by atoms with Crippen molar-refractivity contribution >= 4 is 16.9 Å². The first-order valence-electron chi connectivity index (χ1n) is 0.567. The van der Waals surface area contributed by atoms with E-state index < -0.39 is 30.7 Å². The molecule has 33 valence electrons. The molecule has 0 aromatic heterocycles. The summed E-state index contributed by atoms with van der Waals surface area (Å²) in [5.74, 6) is 0. The second-order valence-corrected chi connectivity index (χ2v) is 14.0. The molecule has 0 aliphatic heterocycles. The van der Waals surface area contributed by atoms with Gasteiger partial charge in [-0.3, -0.25) is 0 Å². The Kier molecular flexibility index (Phi) is 29.5. The van der Waals surface area contributed by atoms with Gasteiger partial charge in [0.1, 0.15) is 0 Å². The maximum Gasteiger partial charge on any atom is 1.00 e. The number of hydrogen-bond donors (Lipinski definition) is 0. The van der Waals surface area contributed by atoms with E-state index in [4.69, 9.17) is 16.9 Å². The summed E-state index contributed by atoms with van der Waals surface area (Å²) in [4.78, 5) is 0. The van der Waals surface area contributed by atoms with Crippen molar-refractivity contribution in [3.8, 4) is 0 Å². The minimum Gasteiger partial charge on any atom is 1.00 e. The van der Waals surface area contributed by atoms with Crippen molar-refractivity contribution in [3.05, 3.63) is 0 Å². The minimum atomic E-state index is -2.24. The Hall–Kier alpha value is 3.13. The van der Waals surface area contributed by atoms with Crippen molar-refractivity contribution in [2.45, 2.75) is 0 Å². The van der Waals surface area contributed by atoms with E-state index in [1.165, 1.54) is 0 Å². The molecule has 0 aromatic carbocycles. The van der Waals surface area contributed by atoms with E-state index in [0.717, 1.165) is 0 Å². The Morgan fingerprint density at radius 2 is 1.00 bits per heavy atom. The maximum atomic E-state index is 5.02. The first-order chi connectivity index (χ1) is 1.73. The molecule has 6 heavy (non-hydrogen) atoms. The van der Waals surface area contributed by atoms with Crippen LogP contribution in [-0.4, -0.2) is 0 Å². The summed E-state index contributed by atoms with van der Waals surface area (Å²) in [5, 5.41) is 0. The second kappa shape index (κ2) is 11.0. The van der Waals surface area contributed by atoms with E-state index >= 15 is 0 Å². The van der Waals surface area contributed by atoms with Gasteiger partial charge in [0.25, 0.3) is 0 Å². The third-order valence-electron chi connectivity index (χ3n) is 0. The van der Waals surface area contributed by atoms with Crippen molar-refractivity contribution < 1.29 is 61.9 Å². The summed E-state index contributed by atoms with van der Waals surface area (Å²) in [6, 6.07) is 0. The van der Waals surface area contributed by atoms with E-state index in [0.29, 0.717) is 0 Å². The molecule has 0 aliphatic rings. The fraction of sp³-hybridized carbons (Fsp3) is 0. The molecule has 0 saturated carbocycles. The standard InChI is InChI=1S/Ce.4ClH.Li/h;4*1H;/q+3;;;;;+1/p-4. The van der Waals surface area contributed by atoms with Crippen LogP contribution in [0.3, 0.4) is 0 Å². The van der Waals surface area contributed by atoms with Crippen LogP contribution >= 0.6 is 16.9 Å². The van der Waals surface area contributed by atoms with Gasteiger partial charge in [-0.25, -0.2) is 0 Å². The molecule has 0 unspecified atom stereocenters. The molecule has 0 rings (SSSR count). The zero-order valence-electron chi connectivity index (χ0n) is 3.01. The van der Waals surface area contributed by atoms with Crippen LogP contribution < -0.4 is 31.3 Å². The molecule has 0 heterocycles. The smallest absolute Gasteiger partial charge is 1.00 e. The molecule has 0 aromatic rings. The van der Waals surface area contributed by atoms with Crippen LogP contribution in [0.1, 0.15) is 0 Å². The molecule has 0 atom stereocenters. The van der Waals surface area contributed by atoms with Crippen LogP contribution in [0.15, 0.2) is 0 Å². The summed E-state index contributed by atoms with van der Waals surface area (Å²) in [5.41, 5.74) is 15.1. The Morgan fingerprint density at radius 3 is 1.00 bits per heavy atom. The second-order valence-electron chi connectivity index (χ2n) is 0.214. The van der Waals surface area contributed by atoms with Crippen LogP contribution in [-0.2, 0) is 0 Å². The molecule has 0 saturated heterocycles. The van der Waals surface area contributed by atoms with Gasteiger partial charge in [0, 0.05) is 0 Å². The fourth-order valence-electron chi connectivity index (χ4n) is 0. The van der Waals surface area contributed by atoms with Gasteiger partial charge in [0.05, 0.1) is 0 Å². The molecule has 0 fully saturated rings. The maximum absolute atomic E-state index is 5.02. The predicted octanol–water partition coefficient (Wildman–Crippen LogP) is -3.92. The predicted molar refractivity (Wildman–Crippen MR) is 17.6 cm³/mol.